The highest BCUT2D eigenvalue weighted by atomic mass is 16.1. The van der Waals surface area contributed by atoms with Crippen LogP contribution in [-0.2, 0) is 0 Å². The monoisotopic (exact) mass is 340 g/mol. The first-order valence-electron chi connectivity index (χ1n) is 8.17. The van der Waals surface area contributed by atoms with E-state index in [1.807, 2.05) is 54.7 Å². The van der Waals surface area contributed by atoms with Crippen LogP contribution in [0, 0.1) is 0 Å². The first-order valence-corrected chi connectivity index (χ1v) is 8.17. The lowest BCUT2D eigenvalue weighted by atomic mass is 9.97. The Labute approximate surface area is 150 Å². The normalized spacial score (nSPS) is 10.6. The van der Waals surface area contributed by atoms with Gasteiger partial charge in [0.1, 0.15) is 0 Å². The molecule has 126 valence electrons. The average Bonchev–Trinajstić information content (AvgIpc) is 3.14. The lowest BCUT2D eigenvalue weighted by molar-refractivity contribution is 0.100. The largest absolute Gasteiger partial charge is 0.366 e. The number of primary amides is 1. The van der Waals surface area contributed by atoms with Gasteiger partial charge >= 0.3 is 0 Å². The van der Waals surface area contributed by atoms with Gasteiger partial charge in [-0.25, -0.2) is 0 Å². The topological polar surface area (TPSA) is 73.8 Å². The molecule has 4 aromatic rings. The van der Waals surface area contributed by atoms with E-state index in [1.54, 1.807) is 30.9 Å². The minimum Gasteiger partial charge on any atom is -0.366 e. The molecule has 0 atom stereocenters. The maximum absolute atomic E-state index is 11.9. The van der Waals surface area contributed by atoms with E-state index in [2.05, 4.69) is 14.5 Å². The van der Waals surface area contributed by atoms with Gasteiger partial charge in [0.05, 0.1) is 5.69 Å². The maximum Gasteiger partial charge on any atom is 0.249 e. The number of benzene rings is 1. The number of nitrogens with two attached hydrogens (primary N) is 1. The number of amides is 1. The summed E-state index contributed by atoms with van der Waals surface area (Å²) >= 11 is 0. The second-order valence-corrected chi connectivity index (χ2v) is 5.80. The Balaban J connectivity index is 2.01. The van der Waals surface area contributed by atoms with Crippen LogP contribution >= 0.6 is 0 Å². The first-order chi connectivity index (χ1) is 12.8. The summed E-state index contributed by atoms with van der Waals surface area (Å²) in [5.41, 5.74) is 10.8. The van der Waals surface area contributed by atoms with Crippen LogP contribution in [0.2, 0.25) is 0 Å². The minimum atomic E-state index is -0.446. The van der Waals surface area contributed by atoms with Crippen molar-refractivity contribution in [1.82, 2.24) is 14.5 Å². The Hall–Kier alpha value is -3.73. The quantitative estimate of drug-likeness (QED) is 0.615. The van der Waals surface area contributed by atoms with E-state index in [1.165, 1.54) is 0 Å². The number of rotatable bonds is 4. The van der Waals surface area contributed by atoms with Gasteiger partial charge in [0.2, 0.25) is 5.91 Å². The van der Waals surface area contributed by atoms with Gasteiger partial charge in [-0.2, -0.15) is 0 Å². The van der Waals surface area contributed by atoms with Crippen molar-refractivity contribution in [2.24, 2.45) is 5.73 Å². The van der Waals surface area contributed by atoms with Crippen molar-refractivity contribution < 1.29 is 4.79 Å². The molecular formula is C21H16N4O. The molecule has 1 amide bonds. The van der Waals surface area contributed by atoms with Crippen molar-refractivity contribution in [1.29, 1.82) is 0 Å². The third-order valence-corrected chi connectivity index (χ3v) is 4.26. The molecule has 0 bridgehead atoms. The summed E-state index contributed by atoms with van der Waals surface area (Å²) in [6, 6.07) is 17.2. The number of pyridine rings is 2. The summed E-state index contributed by atoms with van der Waals surface area (Å²) in [6.45, 7) is 0. The maximum atomic E-state index is 11.9. The second-order valence-electron chi connectivity index (χ2n) is 5.80. The van der Waals surface area contributed by atoms with Crippen LogP contribution in [0.25, 0.3) is 28.1 Å². The van der Waals surface area contributed by atoms with Crippen LogP contribution in [0.1, 0.15) is 10.4 Å². The van der Waals surface area contributed by atoms with Gasteiger partial charge in [-0.15, -0.1) is 0 Å². The van der Waals surface area contributed by atoms with Crippen LogP contribution in [0.4, 0.5) is 0 Å². The van der Waals surface area contributed by atoms with Crippen LogP contribution < -0.4 is 5.73 Å². The molecule has 5 nitrogen and oxygen atoms in total. The van der Waals surface area contributed by atoms with E-state index in [4.69, 9.17) is 5.73 Å². The van der Waals surface area contributed by atoms with Crippen molar-refractivity contribution in [3.8, 4) is 28.1 Å². The Morgan fingerprint density at radius 2 is 1.46 bits per heavy atom. The van der Waals surface area contributed by atoms with Gasteiger partial charge in [0, 0.05) is 53.4 Å². The fourth-order valence-electron chi connectivity index (χ4n) is 3.11. The lowest BCUT2D eigenvalue weighted by Crippen LogP contribution is -2.12. The van der Waals surface area contributed by atoms with Gasteiger partial charge in [-0.05, 0) is 42.0 Å². The Morgan fingerprint density at radius 1 is 0.808 bits per heavy atom. The molecule has 26 heavy (non-hydrogen) atoms. The van der Waals surface area contributed by atoms with E-state index < -0.39 is 5.91 Å². The highest BCUT2D eigenvalue weighted by Crippen LogP contribution is 2.36. The molecule has 0 aliphatic rings. The van der Waals surface area contributed by atoms with E-state index in [0.717, 1.165) is 28.1 Å². The van der Waals surface area contributed by atoms with Crippen LogP contribution in [0.3, 0.4) is 0 Å². The van der Waals surface area contributed by atoms with Gasteiger partial charge in [0.15, 0.2) is 0 Å². The summed E-state index contributed by atoms with van der Waals surface area (Å²) in [6.07, 6.45) is 9.00. The minimum absolute atomic E-state index is 0.446. The third kappa shape index (κ3) is 2.75. The van der Waals surface area contributed by atoms with Gasteiger partial charge in [-0.3, -0.25) is 14.8 Å². The molecule has 2 N–H and O–H groups in total. The molecule has 0 aliphatic heterocycles. The number of carbonyl (C=O) groups excluding carboxylic acids is 1. The molecule has 0 aliphatic carbocycles. The van der Waals surface area contributed by atoms with Crippen LogP contribution in [0.5, 0.6) is 0 Å². The van der Waals surface area contributed by atoms with E-state index in [9.17, 15) is 4.79 Å². The van der Waals surface area contributed by atoms with Crippen molar-refractivity contribution in [3.63, 3.8) is 0 Å². The molecule has 0 saturated heterocycles. The summed E-state index contributed by atoms with van der Waals surface area (Å²) in [7, 11) is 0. The number of aromatic nitrogens is 3. The van der Waals surface area contributed by atoms with Crippen LogP contribution in [-0.4, -0.2) is 20.4 Å². The van der Waals surface area contributed by atoms with Gasteiger partial charge in [-0.1, -0.05) is 18.2 Å². The number of hydrogen-bond acceptors (Lipinski definition) is 3. The zero-order valence-corrected chi connectivity index (χ0v) is 13.9. The molecule has 4 rings (SSSR count). The van der Waals surface area contributed by atoms with E-state index in [0.29, 0.717) is 5.56 Å². The summed E-state index contributed by atoms with van der Waals surface area (Å²) in [5.74, 6) is -0.446. The Kier molecular flexibility index (Phi) is 4.03. The lowest BCUT2D eigenvalue weighted by Gasteiger charge is -2.13. The smallest absolute Gasteiger partial charge is 0.249 e. The summed E-state index contributed by atoms with van der Waals surface area (Å²) in [5, 5.41) is 0. The average molecular weight is 340 g/mol. The van der Waals surface area contributed by atoms with E-state index in [-0.39, 0.29) is 0 Å². The molecule has 0 unspecified atom stereocenters. The van der Waals surface area contributed by atoms with Crippen molar-refractivity contribution in [2.45, 2.75) is 0 Å². The second kappa shape index (κ2) is 6.64. The van der Waals surface area contributed by atoms with Crippen molar-refractivity contribution >= 4 is 5.91 Å². The molecule has 3 aromatic heterocycles. The molecule has 0 saturated carbocycles. The molecule has 0 radical (unpaired) electrons. The van der Waals surface area contributed by atoms with Crippen molar-refractivity contribution in [3.05, 3.63) is 91.1 Å². The standard InChI is InChI=1S/C21H16N4O/c22-21(26)19-4-2-1-3-17(19)18-9-14-25(16-7-12-24-13-8-16)20(18)15-5-10-23-11-6-15/h1-14H,(H2,22,26). The SMILES string of the molecule is NC(=O)c1ccccc1-c1ccn(-c2ccncc2)c1-c1ccncc1. The first kappa shape index (κ1) is 15.8. The summed E-state index contributed by atoms with van der Waals surface area (Å²) in [4.78, 5) is 20.1. The Morgan fingerprint density at radius 3 is 2.15 bits per heavy atom. The van der Waals surface area contributed by atoms with Crippen LogP contribution in [0.15, 0.2) is 85.6 Å². The predicted molar refractivity (Wildman–Crippen MR) is 101 cm³/mol. The molecule has 3 heterocycles. The Bertz CT molecular complexity index is 1060. The van der Waals surface area contributed by atoms with E-state index >= 15 is 0 Å². The molecule has 0 fully saturated rings. The van der Waals surface area contributed by atoms with Crippen molar-refractivity contribution in [2.75, 3.05) is 0 Å². The number of nitrogens with zero attached hydrogens (tertiary/aromatic N) is 3. The highest BCUT2D eigenvalue weighted by Gasteiger charge is 2.18. The highest BCUT2D eigenvalue weighted by molar-refractivity contribution is 6.01. The zero-order valence-electron chi connectivity index (χ0n) is 13.9. The number of hydrogen-bond donors (Lipinski definition) is 1. The zero-order chi connectivity index (χ0) is 17.9. The fourth-order valence-corrected chi connectivity index (χ4v) is 3.11. The van der Waals surface area contributed by atoms with Gasteiger partial charge < -0.3 is 10.3 Å². The molecule has 1 aromatic carbocycles. The fraction of sp³-hybridized carbons (Fsp3) is 0. The number of carbonyl (C=O) groups is 1. The summed E-state index contributed by atoms with van der Waals surface area (Å²) < 4.78 is 2.07. The molecule has 0 spiro atoms. The molecule has 5 heteroatoms. The predicted octanol–water partition coefficient (Wildman–Crippen LogP) is 3.70. The molecular weight excluding hydrogens is 324 g/mol. The van der Waals surface area contributed by atoms with Gasteiger partial charge in [0.25, 0.3) is 0 Å². The third-order valence-electron chi connectivity index (χ3n) is 4.26.